The highest BCUT2D eigenvalue weighted by atomic mass is 16.2. The molecule has 0 spiro atoms. The molecule has 2 aliphatic rings. The molecule has 0 aromatic carbocycles. The Morgan fingerprint density at radius 1 is 1.20 bits per heavy atom. The second-order valence-corrected chi connectivity index (χ2v) is 7.52. The van der Waals surface area contributed by atoms with E-state index in [1.165, 1.54) is 0 Å². The molecule has 1 aliphatic carbocycles. The fraction of sp³-hybridized carbons (Fsp3) is 0.722. The molecule has 1 N–H and O–H groups in total. The van der Waals surface area contributed by atoms with Gasteiger partial charge in [0.25, 0.3) is 0 Å². The topological polar surface area (TPSA) is 70.5 Å². The zero-order chi connectivity index (χ0) is 17.8. The number of aryl methyl sites for hydroxylation is 1. The minimum atomic E-state index is -0.130. The largest absolute Gasteiger partial charge is 0.341 e. The van der Waals surface area contributed by atoms with E-state index >= 15 is 0 Å². The van der Waals surface area contributed by atoms with Crippen molar-refractivity contribution in [3.05, 3.63) is 12.3 Å². The van der Waals surface area contributed by atoms with Crippen molar-refractivity contribution >= 4 is 17.8 Å². The van der Waals surface area contributed by atoms with Crippen molar-refractivity contribution < 1.29 is 9.59 Å². The first-order valence-corrected chi connectivity index (χ1v) is 9.41. The van der Waals surface area contributed by atoms with Gasteiger partial charge in [0.15, 0.2) is 5.82 Å². The fourth-order valence-electron chi connectivity index (χ4n) is 3.06. The minimum Gasteiger partial charge on any atom is -0.341 e. The lowest BCUT2D eigenvalue weighted by molar-refractivity contribution is -0.132. The molecule has 138 valence electrons. The molecule has 7 nitrogen and oxygen atoms in total. The van der Waals surface area contributed by atoms with E-state index in [0.717, 1.165) is 38.8 Å². The predicted molar refractivity (Wildman–Crippen MR) is 96.2 cm³/mol. The Balaban J connectivity index is 1.48. The standard InChI is InChI=1S/C18H29N5O2/c1-14(2)6-10-23-11-7-16(20-23)19-18(25)22-9-3-8-21(12-13-22)17(24)15-4-5-15/h7,11,14-15H,3-6,8-10,12-13H2,1-2H3,(H,19,20,25). The van der Waals surface area contributed by atoms with Crippen LogP contribution in [0.5, 0.6) is 0 Å². The van der Waals surface area contributed by atoms with Crippen LogP contribution in [0.4, 0.5) is 10.6 Å². The quantitative estimate of drug-likeness (QED) is 0.889. The van der Waals surface area contributed by atoms with Gasteiger partial charge in [-0.3, -0.25) is 14.8 Å². The molecule has 2 heterocycles. The summed E-state index contributed by atoms with van der Waals surface area (Å²) in [6.45, 7) is 7.86. The van der Waals surface area contributed by atoms with E-state index in [0.29, 0.717) is 31.4 Å². The normalized spacial score (nSPS) is 18.4. The second-order valence-electron chi connectivity index (χ2n) is 7.52. The summed E-state index contributed by atoms with van der Waals surface area (Å²) in [5, 5.41) is 7.29. The van der Waals surface area contributed by atoms with Crippen molar-refractivity contribution in [2.75, 3.05) is 31.5 Å². The number of nitrogens with one attached hydrogen (secondary N) is 1. The molecule has 7 heteroatoms. The van der Waals surface area contributed by atoms with Gasteiger partial charge in [0, 0.05) is 50.9 Å². The Morgan fingerprint density at radius 3 is 2.64 bits per heavy atom. The highest BCUT2D eigenvalue weighted by Crippen LogP contribution is 2.31. The number of anilines is 1. The molecular formula is C18H29N5O2. The maximum Gasteiger partial charge on any atom is 0.323 e. The van der Waals surface area contributed by atoms with Gasteiger partial charge in [0.05, 0.1) is 0 Å². The average Bonchev–Trinajstić information content (AvgIpc) is 3.37. The van der Waals surface area contributed by atoms with E-state index in [9.17, 15) is 9.59 Å². The van der Waals surface area contributed by atoms with Crippen LogP contribution in [-0.2, 0) is 11.3 Å². The van der Waals surface area contributed by atoms with Gasteiger partial charge in [0.2, 0.25) is 5.91 Å². The van der Waals surface area contributed by atoms with E-state index in [4.69, 9.17) is 0 Å². The number of hydrogen-bond acceptors (Lipinski definition) is 3. The van der Waals surface area contributed by atoms with Gasteiger partial charge in [-0.05, 0) is 31.6 Å². The summed E-state index contributed by atoms with van der Waals surface area (Å²) in [6, 6.07) is 1.70. The first-order valence-electron chi connectivity index (χ1n) is 9.41. The summed E-state index contributed by atoms with van der Waals surface area (Å²) in [7, 11) is 0. The average molecular weight is 347 g/mol. The summed E-state index contributed by atoms with van der Waals surface area (Å²) in [6.07, 6.45) is 5.84. The lowest BCUT2D eigenvalue weighted by Gasteiger charge is -2.22. The molecule has 0 bridgehead atoms. The molecular weight excluding hydrogens is 318 g/mol. The Bertz CT molecular complexity index is 608. The molecule has 0 unspecified atom stereocenters. The molecule has 1 aromatic rings. The first-order chi connectivity index (χ1) is 12.0. The second kappa shape index (κ2) is 7.89. The van der Waals surface area contributed by atoms with Crippen molar-refractivity contribution in [2.45, 2.75) is 46.1 Å². The van der Waals surface area contributed by atoms with Crippen LogP contribution >= 0.6 is 0 Å². The van der Waals surface area contributed by atoms with Gasteiger partial charge in [-0.2, -0.15) is 5.10 Å². The van der Waals surface area contributed by atoms with E-state index in [1.807, 2.05) is 21.8 Å². The number of nitrogens with zero attached hydrogens (tertiary/aromatic N) is 4. The Morgan fingerprint density at radius 2 is 1.92 bits per heavy atom. The van der Waals surface area contributed by atoms with Gasteiger partial charge in [0.1, 0.15) is 0 Å². The smallest absolute Gasteiger partial charge is 0.323 e. The highest BCUT2D eigenvalue weighted by molar-refractivity contribution is 5.88. The van der Waals surface area contributed by atoms with E-state index in [-0.39, 0.29) is 17.9 Å². The van der Waals surface area contributed by atoms with E-state index in [2.05, 4.69) is 24.3 Å². The first kappa shape index (κ1) is 17.8. The lowest BCUT2D eigenvalue weighted by atomic mass is 10.1. The van der Waals surface area contributed by atoms with Gasteiger partial charge in [-0.25, -0.2) is 4.79 Å². The molecule has 1 saturated carbocycles. The molecule has 1 aliphatic heterocycles. The summed E-state index contributed by atoms with van der Waals surface area (Å²) < 4.78 is 1.87. The number of carbonyl (C=O) groups excluding carboxylic acids is 2. The molecule has 0 radical (unpaired) electrons. The Hall–Kier alpha value is -2.05. The summed E-state index contributed by atoms with van der Waals surface area (Å²) >= 11 is 0. The Labute approximate surface area is 149 Å². The van der Waals surface area contributed by atoms with E-state index < -0.39 is 0 Å². The molecule has 0 atom stereocenters. The molecule has 1 saturated heterocycles. The van der Waals surface area contributed by atoms with Gasteiger partial charge < -0.3 is 9.80 Å². The molecule has 3 rings (SSSR count). The number of urea groups is 1. The maximum absolute atomic E-state index is 12.5. The molecule has 2 fully saturated rings. The number of aromatic nitrogens is 2. The summed E-state index contributed by atoms with van der Waals surface area (Å²) in [5.74, 6) is 1.73. The Kier molecular flexibility index (Phi) is 5.60. The van der Waals surface area contributed by atoms with Crippen LogP contribution in [0.3, 0.4) is 0 Å². The van der Waals surface area contributed by atoms with Crippen LogP contribution in [0.25, 0.3) is 0 Å². The minimum absolute atomic E-state index is 0.130. The zero-order valence-corrected chi connectivity index (χ0v) is 15.3. The zero-order valence-electron chi connectivity index (χ0n) is 15.3. The van der Waals surface area contributed by atoms with Crippen LogP contribution in [0.15, 0.2) is 12.3 Å². The van der Waals surface area contributed by atoms with Gasteiger partial charge >= 0.3 is 6.03 Å². The third kappa shape index (κ3) is 4.96. The van der Waals surface area contributed by atoms with Crippen molar-refractivity contribution in [1.29, 1.82) is 0 Å². The van der Waals surface area contributed by atoms with Crippen LogP contribution in [0.2, 0.25) is 0 Å². The fourth-order valence-corrected chi connectivity index (χ4v) is 3.06. The molecule has 3 amide bonds. The highest BCUT2D eigenvalue weighted by Gasteiger charge is 2.34. The van der Waals surface area contributed by atoms with Crippen LogP contribution < -0.4 is 5.32 Å². The third-order valence-electron chi connectivity index (χ3n) is 4.83. The number of hydrogen-bond donors (Lipinski definition) is 1. The van der Waals surface area contributed by atoms with Crippen LogP contribution in [0, 0.1) is 11.8 Å². The monoisotopic (exact) mass is 347 g/mol. The van der Waals surface area contributed by atoms with Crippen molar-refractivity contribution in [3.8, 4) is 0 Å². The number of amides is 3. The van der Waals surface area contributed by atoms with Crippen molar-refractivity contribution in [3.63, 3.8) is 0 Å². The van der Waals surface area contributed by atoms with Crippen molar-refractivity contribution in [1.82, 2.24) is 19.6 Å². The molecule has 25 heavy (non-hydrogen) atoms. The molecule has 1 aromatic heterocycles. The van der Waals surface area contributed by atoms with Crippen molar-refractivity contribution in [2.24, 2.45) is 11.8 Å². The summed E-state index contributed by atoms with van der Waals surface area (Å²) in [4.78, 5) is 28.4. The third-order valence-corrected chi connectivity index (χ3v) is 4.83. The maximum atomic E-state index is 12.5. The number of rotatable bonds is 5. The van der Waals surface area contributed by atoms with Gasteiger partial charge in [-0.1, -0.05) is 13.8 Å². The number of carbonyl (C=O) groups is 2. The lowest BCUT2D eigenvalue weighted by Crippen LogP contribution is -2.39. The predicted octanol–water partition coefficient (Wildman–Crippen LogP) is 2.41. The van der Waals surface area contributed by atoms with Crippen LogP contribution in [-0.4, -0.2) is 57.7 Å². The van der Waals surface area contributed by atoms with Gasteiger partial charge in [-0.15, -0.1) is 0 Å². The SMILES string of the molecule is CC(C)CCn1ccc(NC(=O)N2CCCN(C(=O)C3CC3)CC2)n1. The summed E-state index contributed by atoms with van der Waals surface area (Å²) in [5.41, 5.74) is 0. The van der Waals surface area contributed by atoms with Crippen LogP contribution in [0.1, 0.15) is 39.5 Å². The van der Waals surface area contributed by atoms with E-state index in [1.54, 1.807) is 4.90 Å².